The molecule has 3 atom stereocenters. The Morgan fingerprint density at radius 1 is 0.661 bits per heavy atom. The Morgan fingerprint density at radius 2 is 1.25 bits per heavy atom. The van der Waals surface area contributed by atoms with Gasteiger partial charge in [-0.25, -0.2) is 4.79 Å². The molecule has 0 saturated heterocycles. The van der Waals surface area contributed by atoms with Crippen LogP contribution in [0.3, 0.4) is 0 Å². The fraction of sp³-hybridized carbons (Fsp3) is 0.279. The average Bonchev–Trinajstić information content (AvgIpc) is 3.58. The van der Waals surface area contributed by atoms with Crippen molar-refractivity contribution in [2.45, 2.75) is 76.9 Å². The second-order valence-electron chi connectivity index (χ2n) is 14.4. The van der Waals surface area contributed by atoms with Gasteiger partial charge in [0.05, 0.1) is 6.42 Å². The van der Waals surface area contributed by atoms with E-state index < -0.39 is 59.9 Å². The van der Waals surface area contributed by atoms with E-state index >= 15 is 0 Å². The molecule has 56 heavy (non-hydrogen) atoms. The first kappa shape index (κ1) is 40.6. The molecule has 0 unspecified atom stereocenters. The molecule has 5 aromatic rings. The van der Waals surface area contributed by atoms with Gasteiger partial charge in [0, 0.05) is 36.5 Å². The molecule has 5 amide bonds. The minimum atomic E-state index is -1.48. The maximum Gasteiger partial charge on any atom is 0.408 e. The van der Waals surface area contributed by atoms with E-state index in [1.165, 1.54) is 0 Å². The number of fused-ring (bicyclic) bond motifs is 1. The fourth-order valence-electron chi connectivity index (χ4n) is 5.95. The monoisotopic (exact) mass is 760 g/mol. The molecule has 7 N–H and O–H groups in total. The zero-order valence-electron chi connectivity index (χ0n) is 31.7. The van der Waals surface area contributed by atoms with E-state index in [0.717, 1.165) is 27.6 Å². The largest absolute Gasteiger partial charge is 0.489 e. The Balaban J connectivity index is 1.33. The van der Waals surface area contributed by atoms with Crippen LogP contribution in [0.1, 0.15) is 49.4 Å². The number of aromatic nitrogens is 1. The summed E-state index contributed by atoms with van der Waals surface area (Å²) < 4.78 is 11.3. The van der Waals surface area contributed by atoms with Crippen LogP contribution >= 0.6 is 0 Å². The van der Waals surface area contributed by atoms with Crippen LogP contribution < -0.4 is 31.7 Å². The van der Waals surface area contributed by atoms with Crippen molar-refractivity contribution in [2.24, 2.45) is 5.73 Å². The summed E-state index contributed by atoms with van der Waals surface area (Å²) in [5.41, 5.74) is 8.84. The molecule has 13 heteroatoms. The van der Waals surface area contributed by atoms with Gasteiger partial charge >= 0.3 is 6.09 Å². The molecule has 1 aromatic heterocycles. The van der Waals surface area contributed by atoms with Gasteiger partial charge in [-0.05, 0) is 61.2 Å². The van der Waals surface area contributed by atoms with E-state index in [1.54, 1.807) is 51.2 Å². The minimum absolute atomic E-state index is 0.0000323. The number of nitrogens with one attached hydrogen (secondary N) is 5. The topological polar surface area (TPSA) is 194 Å². The molecule has 0 aliphatic carbocycles. The van der Waals surface area contributed by atoms with Gasteiger partial charge in [0.25, 0.3) is 0 Å². The summed E-state index contributed by atoms with van der Waals surface area (Å²) in [6.07, 6.45) is 0.438. The van der Waals surface area contributed by atoms with Gasteiger partial charge in [0.1, 0.15) is 36.1 Å². The number of hydrogen-bond acceptors (Lipinski definition) is 7. The molecule has 0 saturated carbocycles. The van der Waals surface area contributed by atoms with Gasteiger partial charge in [-0.1, -0.05) is 91.0 Å². The number of para-hydroxylation sites is 1. The first-order valence-electron chi connectivity index (χ1n) is 18.3. The third-order valence-electron chi connectivity index (χ3n) is 8.70. The number of amides is 5. The summed E-state index contributed by atoms with van der Waals surface area (Å²) >= 11 is 0. The normalized spacial score (nSPS) is 12.8. The molecule has 0 spiro atoms. The van der Waals surface area contributed by atoms with Crippen molar-refractivity contribution < 1.29 is 33.4 Å². The number of ether oxygens (including phenoxy) is 2. The van der Waals surface area contributed by atoms with Gasteiger partial charge < -0.3 is 41.5 Å². The van der Waals surface area contributed by atoms with Crippen molar-refractivity contribution >= 4 is 40.6 Å². The Labute approximate surface area is 325 Å². The van der Waals surface area contributed by atoms with Crippen LogP contribution in [-0.4, -0.2) is 58.4 Å². The molecule has 292 valence electrons. The van der Waals surface area contributed by atoms with Crippen molar-refractivity contribution in [3.8, 4) is 5.75 Å². The summed E-state index contributed by atoms with van der Waals surface area (Å²) in [4.78, 5) is 69.9. The lowest BCUT2D eigenvalue weighted by atomic mass is 10.0. The van der Waals surface area contributed by atoms with E-state index in [2.05, 4.69) is 26.3 Å². The molecular formula is C43H48N6O7. The zero-order chi connectivity index (χ0) is 40.1. The number of nitrogens with two attached hydrogens (primary N) is 1. The predicted octanol–water partition coefficient (Wildman–Crippen LogP) is 4.59. The smallest absolute Gasteiger partial charge is 0.408 e. The summed E-state index contributed by atoms with van der Waals surface area (Å²) in [5.74, 6) is -2.32. The van der Waals surface area contributed by atoms with Crippen molar-refractivity contribution in [3.05, 3.63) is 138 Å². The highest BCUT2D eigenvalue weighted by molar-refractivity contribution is 5.96. The van der Waals surface area contributed by atoms with Crippen LogP contribution in [0.25, 0.3) is 10.9 Å². The molecule has 0 bridgehead atoms. The van der Waals surface area contributed by atoms with E-state index in [1.807, 2.05) is 84.9 Å². The van der Waals surface area contributed by atoms with Gasteiger partial charge in [-0.15, -0.1) is 0 Å². The van der Waals surface area contributed by atoms with Gasteiger partial charge in [-0.3, -0.25) is 19.2 Å². The van der Waals surface area contributed by atoms with Gasteiger partial charge in [-0.2, -0.15) is 0 Å². The quantitative estimate of drug-likeness (QED) is 0.0798. The highest BCUT2D eigenvalue weighted by atomic mass is 16.6. The second kappa shape index (κ2) is 19.1. The molecule has 1 heterocycles. The first-order chi connectivity index (χ1) is 26.8. The Bertz CT molecular complexity index is 2100. The Morgan fingerprint density at radius 3 is 1.91 bits per heavy atom. The Hall–Kier alpha value is -6.63. The summed E-state index contributed by atoms with van der Waals surface area (Å²) in [6, 6.07) is 29.7. The third-order valence-corrected chi connectivity index (χ3v) is 8.70. The molecular weight excluding hydrogens is 713 g/mol. The van der Waals surface area contributed by atoms with Crippen molar-refractivity contribution in [2.75, 3.05) is 0 Å². The molecule has 13 nitrogen and oxygen atoms in total. The highest BCUT2D eigenvalue weighted by Gasteiger charge is 2.32. The maximum absolute atomic E-state index is 13.9. The number of primary amides is 1. The number of alkyl carbamates (subject to hydrolysis) is 1. The lowest BCUT2D eigenvalue weighted by Gasteiger charge is -2.26. The molecule has 0 radical (unpaired) electrons. The number of rotatable bonds is 17. The number of benzene rings is 4. The van der Waals surface area contributed by atoms with E-state index in [0.29, 0.717) is 17.9 Å². The highest BCUT2D eigenvalue weighted by Crippen LogP contribution is 2.20. The second-order valence-corrected chi connectivity index (χ2v) is 14.4. The summed E-state index contributed by atoms with van der Waals surface area (Å²) in [6.45, 7) is 5.63. The number of carbonyl (C=O) groups excluding carboxylic acids is 5. The number of carbonyl (C=O) groups is 5. The molecule has 0 fully saturated rings. The Kier molecular flexibility index (Phi) is 13.8. The van der Waals surface area contributed by atoms with E-state index in [4.69, 9.17) is 15.2 Å². The van der Waals surface area contributed by atoms with Crippen molar-refractivity contribution in [1.82, 2.24) is 26.3 Å². The first-order valence-corrected chi connectivity index (χ1v) is 18.3. The van der Waals surface area contributed by atoms with Crippen LogP contribution in [0.15, 0.2) is 115 Å². The van der Waals surface area contributed by atoms with E-state index in [-0.39, 0.29) is 19.4 Å². The van der Waals surface area contributed by atoms with Crippen molar-refractivity contribution in [3.63, 3.8) is 0 Å². The van der Waals surface area contributed by atoms with Crippen LogP contribution in [0.2, 0.25) is 0 Å². The maximum atomic E-state index is 13.9. The van der Waals surface area contributed by atoms with Gasteiger partial charge in [0.15, 0.2) is 0 Å². The molecule has 0 aliphatic heterocycles. The molecule has 4 aromatic carbocycles. The van der Waals surface area contributed by atoms with Crippen LogP contribution in [-0.2, 0) is 49.9 Å². The average molecular weight is 761 g/mol. The zero-order valence-corrected chi connectivity index (χ0v) is 31.7. The standard InChI is InChI=1S/C43H48N6O7/c1-43(2,3)56-42(54)49-35(22-28-18-20-32(21-19-28)55-27-30-14-8-5-9-15-30)40(52)48-37(24-38(44)50)41(53)47-36(39(51)46-25-29-12-6-4-7-13-29)23-31-26-45-34-17-11-10-16-33(31)34/h4-21,26,35-37,45H,22-25,27H2,1-3H3,(H2,44,50)(H,46,51)(H,47,53)(H,48,52)(H,49,54)/t35-,36-,37-/m0/s1. The predicted molar refractivity (Wildman–Crippen MR) is 212 cm³/mol. The lowest BCUT2D eigenvalue weighted by molar-refractivity contribution is -0.134. The number of H-pyrrole nitrogens is 1. The SMILES string of the molecule is CC(C)(C)OC(=O)N[C@@H](Cc1ccc(OCc2ccccc2)cc1)C(=O)N[C@@H](CC(N)=O)C(=O)N[C@@H](Cc1c[nH]c2ccccc12)C(=O)NCc1ccccc1. The van der Waals surface area contributed by atoms with E-state index in [9.17, 15) is 24.0 Å². The number of hydrogen-bond donors (Lipinski definition) is 6. The van der Waals surface area contributed by atoms with Crippen molar-refractivity contribution in [1.29, 1.82) is 0 Å². The fourth-order valence-corrected chi connectivity index (χ4v) is 5.95. The van der Waals surface area contributed by atoms with Crippen LogP contribution in [0.5, 0.6) is 5.75 Å². The summed E-state index contributed by atoms with van der Waals surface area (Å²) in [7, 11) is 0. The lowest BCUT2D eigenvalue weighted by Crippen LogP contribution is -2.58. The molecule has 0 aliphatic rings. The molecule has 5 rings (SSSR count). The summed E-state index contributed by atoms with van der Waals surface area (Å²) in [5, 5.41) is 11.7. The van der Waals surface area contributed by atoms with Crippen LogP contribution in [0.4, 0.5) is 4.79 Å². The van der Waals surface area contributed by atoms with Crippen LogP contribution in [0, 0.1) is 0 Å². The third kappa shape index (κ3) is 12.5. The van der Waals surface area contributed by atoms with Gasteiger partial charge in [0.2, 0.25) is 23.6 Å². The minimum Gasteiger partial charge on any atom is -0.489 e. The number of aromatic amines is 1.